The Morgan fingerprint density at radius 1 is 0.833 bits per heavy atom. The molecule has 0 saturated carbocycles. The van der Waals surface area contributed by atoms with Gasteiger partial charge in [-0.05, 0) is 12.1 Å². The second-order valence-corrected chi connectivity index (χ2v) is 4.12. The molecule has 4 aromatic rings. The van der Waals surface area contributed by atoms with Crippen LogP contribution in [0, 0.1) is 0 Å². The number of rotatable bonds is 0. The van der Waals surface area contributed by atoms with Gasteiger partial charge in [0.1, 0.15) is 0 Å². The van der Waals surface area contributed by atoms with E-state index in [1.165, 1.54) is 5.39 Å². The number of nitrogens with one attached hydrogen (secondary N) is 2. The number of urea groups is 1. The van der Waals surface area contributed by atoms with E-state index >= 15 is 0 Å². The topological polar surface area (TPSA) is 139 Å². The summed E-state index contributed by atoms with van der Waals surface area (Å²) in [6.07, 6.45) is 12.0. The molecule has 0 aliphatic carbocycles. The number of carbonyl (C=O) groups is 1. The summed E-state index contributed by atoms with van der Waals surface area (Å²) in [5.41, 5.74) is 9.56. The summed E-state index contributed by atoms with van der Waals surface area (Å²) < 4.78 is 0. The maximum Gasteiger partial charge on any atom is 0.309 e. The van der Waals surface area contributed by atoms with Gasteiger partial charge in [0.2, 0.25) is 0 Å². The molecule has 3 heterocycles. The minimum atomic E-state index is -0.833. The van der Waals surface area contributed by atoms with Crippen molar-refractivity contribution in [1.82, 2.24) is 24.9 Å². The van der Waals surface area contributed by atoms with Gasteiger partial charge < -0.3 is 21.4 Å². The Kier molecular flexibility index (Phi) is 9.13. The number of primary amides is 2. The van der Waals surface area contributed by atoms with Crippen molar-refractivity contribution >= 4 is 16.9 Å². The van der Waals surface area contributed by atoms with Crippen LogP contribution in [0.3, 0.4) is 0 Å². The molecule has 1 aromatic carbocycles. The Morgan fingerprint density at radius 2 is 1.38 bits per heavy atom. The van der Waals surface area contributed by atoms with Crippen LogP contribution in [0.2, 0.25) is 0 Å². The van der Waals surface area contributed by atoms with Crippen molar-refractivity contribution in [2.45, 2.75) is 0 Å². The first-order chi connectivity index (χ1) is 11.7. The number of H-pyrrole nitrogens is 2. The van der Waals surface area contributed by atoms with Crippen molar-refractivity contribution in [2.24, 2.45) is 11.5 Å². The molecule has 0 aliphatic heterocycles. The van der Waals surface area contributed by atoms with Crippen molar-refractivity contribution < 1.29 is 4.79 Å². The summed E-state index contributed by atoms with van der Waals surface area (Å²) >= 11 is 0. The monoisotopic (exact) mass is 325 g/mol. The lowest BCUT2D eigenvalue weighted by Gasteiger charge is -1.91. The standard InChI is InChI=1S/C9H7N.2C3H4N2.CH4N2O/c1-2-6-9-8(4-1)5-3-7-10-9;2*1-2-5-3-4-1;2-1(3)4/h1-7H;2*1-3H,(H,4,5);(H4,2,3,4). The predicted octanol–water partition coefficient (Wildman–Crippen LogP) is 2.08. The molecule has 0 saturated heterocycles. The number of carbonyl (C=O) groups excluding carboxylic acids is 1. The molecule has 0 unspecified atom stereocenters. The normalized spacial score (nSPS) is 8.50. The van der Waals surface area contributed by atoms with Crippen LogP contribution in [0.5, 0.6) is 0 Å². The molecule has 2 amide bonds. The smallest absolute Gasteiger partial charge is 0.309 e. The Balaban J connectivity index is 0.000000175. The zero-order valence-corrected chi connectivity index (χ0v) is 12.9. The number of imidazole rings is 2. The van der Waals surface area contributed by atoms with Crippen LogP contribution >= 0.6 is 0 Å². The molecule has 0 aliphatic rings. The molecule has 3 aromatic heterocycles. The lowest BCUT2D eigenvalue weighted by Crippen LogP contribution is -2.18. The Bertz CT molecular complexity index is 640. The van der Waals surface area contributed by atoms with Gasteiger partial charge >= 0.3 is 6.03 Å². The lowest BCUT2D eigenvalue weighted by molar-refractivity contribution is 0.256. The molecule has 0 bridgehead atoms. The van der Waals surface area contributed by atoms with Crippen LogP contribution in [0.1, 0.15) is 0 Å². The third kappa shape index (κ3) is 9.29. The van der Waals surface area contributed by atoms with Crippen molar-refractivity contribution in [1.29, 1.82) is 0 Å². The summed E-state index contributed by atoms with van der Waals surface area (Å²) in [4.78, 5) is 26.0. The Labute approximate surface area is 139 Å². The molecule has 0 atom stereocenters. The van der Waals surface area contributed by atoms with Gasteiger partial charge in [-0.15, -0.1) is 0 Å². The minimum absolute atomic E-state index is 0.833. The summed E-state index contributed by atoms with van der Waals surface area (Å²) in [7, 11) is 0. The van der Waals surface area contributed by atoms with E-state index in [4.69, 9.17) is 4.79 Å². The van der Waals surface area contributed by atoms with Crippen LogP contribution in [0.4, 0.5) is 4.79 Å². The van der Waals surface area contributed by atoms with Crippen LogP contribution in [0.25, 0.3) is 10.9 Å². The fraction of sp³-hybridized carbons (Fsp3) is 0. The van der Waals surface area contributed by atoms with Crippen LogP contribution in [0.15, 0.2) is 80.0 Å². The van der Waals surface area contributed by atoms with Gasteiger partial charge in [0.05, 0.1) is 18.2 Å². The maximum absolute atomic E-state index is 9.00. The van der Waals surface area contributed by atoms with E-state index < -0.39 is 6.03 Å². The third-order valence-electron chi connectivity index (χ3n) is 2.32. The molecule has 8 heteroatoms. The van der Waals surface area contributed by atoms with Crippen LogP contribution in [-0.4, -0.2) is 31.0 Å². The predicted molar refractivity (Wildman–Crippen MR) is 92.7 cm³/mol. The first-order valence-electron chi connectivity index (χ1n) is 6.90. The second kappa shape index (κ2) is 11.9. The first-order valence-corrected chi connectivity index (χ1v) is 6.90. The molecular weight excluding hydrogens is 306 g/mol. The van der Waals surface area contributed by atoms with Gasteiger partial charge in [0, 0.05) is 36.4 Å². The number of aromatic nitrogens is 5. The van der Waals surface area contributed by atoms with E-state index in [0.29, 0.717) is 0 Å². The van der Waals surface area contributed by atoms with Crippen molar-refractivity contribution in [3.63, 3.8) is 0 Å². The SMILES string of the molecule is NC(N)=O.c1c[nH]cn1.c1c[nH]cn1.c1ccc2ncccc2c1. The molecular formula is C16H19N7O. The fourth-order valence-corrected chi connectivity index (χ4v) is 1.45. The largest absolute Gasteiger partial charge is 0.352 e. The van der Waals surface area contributed by atoms with E-state index in [2.05, 4.69) is 48.5 Å². The number of aromatic amines is 2. The second-order valence-electron chi connectivity index (χ2n) is 4.12. The van der Waals surface area contributed by atoms with Crippen molar-refractivity contribution in [3.8, 4) is 0 Å². The number of amides is 2. The van der Waals surface area contributed by atoms with Gasteiger partial charge in [0.25, 0.3) is 0 Å². The Hall–Kier alpha value is -3.68. The van der Waals surface area contributed by atoms with Gasteiger partial charge in [-0.25, -0.2) is 14.8 Å². The fourth-order valence-electron chi connectivity index (χ4n) is 1.45. The summed E-state index contributed by atoms with van der Waals surface area (Å²) in [5.74, 6) is 0. The minimum Gasteiger partial charge on any atom is -0.352 e. The van der Waals surface area contributed by atoms with Crippen LogP contribution in [-0.2, 0) is 0 Å². The Morgan fingerprint density at radius 3 is 1.79 bits per heavy atom. The van der Waals surface area contributed by atoms with E-state index in [1.807, 2.05) is 30.5 Å². The maximum atomic E-state index is 9.00. The molecule has 124 valence electrons. The molecule has 6 N–H and O–H groups in total. The highest BCUT2D eigenvalue weighted by Crippen LogP contribution is 2.07. The molecule has 8 nitrogen and oxygen atoms in total. The van der Waals surface area contributed by atoms with Gasteiger partial charge in [-0.3, -0.25) is 4.98 Å². The number of nitrogens with zero attached hydrogens (tertiary/aromatic N) is 3. The summed E-state index contributed by atoms with van der Waals surface area (Å²) in [6, 6.07) is 11.3. The highest BCUT2D eigenvalue weighted by atomic mass is 16.2. The van der Waals surface area contributed by atoms with Gasteiger partial charge in [-0.1, -0.05) is 24.3 Å². The quantitative estimate of drug-likeness (QED) is 0.393. The molecule has 0 fully saturated rings. The van der Waals surface area contributed by atoms with E-state index in [1.54, 1.807) is 37.4 Å². The summed E-state index contributed by atoms with van der Waals surface area (Å²) in [6.45, 7) is 0. The number of benzene rings is 1. The van der Waals surface area contributed by atoms with Gasteiger partial charge in [-0.2, -0.15) is 0 Å². The van der Waals surface area contributed by atoms with E-state index in [-0.39, 0.29) is 0 Å². The highest BCUT2D eigenvalue weighted by Gasteiger charge is 1.86. The number of hydrogen-bond donors (Lipinski definition) is 4. The van der Waals surface area contributed by atoms with Crippen molar-refractivity contribution in [3.05, 3.63) is 80.0 Å². The molecule has 0 radical (unpaired) electrons. The number of fused-ring (bicyclic) bond motifs is 1. The number of hydrogen-bond acceptors (Lipinski definition) is 4. The first kappa shape index (κ1) is 18.4. The number of nitrogens with two attached hydrogens (primary N) is 2. The number of para-hydroxylation sites is 1. The average Bonchev–Trinajstić information content (AvgIpc) is 3.32. The van der Waals surface area contributed by atoms with E-state index in [0.717, 1.165) is 5.52 Å². The van der Waals surface area contributed by atoms with E-state index in [9.17, 15) is 0 Å². The zero-order valence-electron chi connectivity index (χ0n) is 12.9. The highest BCUT2D eigenvalue weighted by molar-refractivity contribution is 5.77. The third-order valence-corrected chi connectivity index (χ3v) is 2.32. The van der Waals surface area contributed by atoms with Crippen LogP contribution < -0.4 is 11.5 Å². The number of pyridine rings is 1. The molecule has 24 heavy (non-hydrogen) atoms. The van der Waals surface area contributed by atoms with Gasteiger partial charge in [0.15, 0.2) is 0 Å². The summed E-state index contributed by atoms with van der Waals surface area (Å²) in [5, 5.41) is 1.20. The van der Waals surface area contributed by atoms with Crippen molar-refractivity contribution in [2.75, 3.05) is 0 Å². The lowest BCUT2D eigenvalue weighted by atomic mass is 10.2. The zero-order chi connectivity index (χ0) is 17.5. The molecule has 4 rings (SSSR count). The average molecular weight is 325 g/mol. The molecule has 0 spiro atoms.